The maximum atomic E-state index is 6.07. The molecular weight excluding hydrogens is 336 g/mol. The molecule has 0 spiro atoms. The van der Waals surface area contributed by atoms with Crippen LogP contribution in [0.4, 0.5) is 5.69 Å². The van der Waals surface area contributed by atoms with Crippen molar-refractivity contribution in [2.24, 2.45) is 0 Å². The molecule has 2 heterocycles. The highest BCUT2D eigenvalue weighted by Gasteiger charge is 2.18. The summed E-state index contributed by atoms with van der Waals surface area (Å²) in [6, 6.07) is 20.9. The van der Waals surface area contributed by atoms with Gasteiger partial charge in [0.2, 0.25) is 0 Å². The number of anilines is 1. The minimum absolute atomic E-state index is 0.858. The molecule has 0 N–H and O–H groups in total. The van der Waals surface area contributed by atoms with Gasteiger partial charge < -0.3 is 14.1 Å². The van der Waals surface area contributed by atoms with Gasteiger partial charge in [-0.05, 0) is 55.5 Å². The first kappa shape index (κ1) is 17.7. The molecule has 1 saturated heterocycles. The smallest absolute Gasteiger partial charge is 0.134 e. The molecule has 0 saturated carbocycles. The van der Waals surface area contributed by atoms with Gasteiger partial charge >= 0.3 is 0 Å². The summed E-state index contributed by atoms with van der Waals surface area (Å²) in [6.07, 6.45) is 0. The molecule has 1 aromatic heterocycles. The van der Waals surface area contributed by atoms with E-state index in [1.807, 2.05) is 24.3 Å². The highest BCUT2D eigenvalue weighted by Crippen LogP contribution is 2.25. The number of hydrogen-bond donors (Lipinski definition) is 0. The Labute approximate surface area is 161 Å². The Kier molecular flexibility index (Phi) is 5.16. The molecule has 0 radical (unpaired) electrons. The van der Waals surface area contributed by atoms with Gasteiger partial charge in [-0.3, -0.25) is 4.90 Å². The van der Waals surface area contributed by atoms with E-state index in [-0.39, 0.29) is 0 Å². The summed E-state index contributed by atoms with van der Waals surface area (Å²) in [5.41, 5.74) is 3.70. The largest absolute Gasteiger partial charge is 0.497 e. The SMILES string of the molecule is COc1ccc(-c2ccc(CN3CCN(c4ccc(C)cc4)CC3)o2)cc1. The van der Waals surface area contributed by atoms with Crippen LogP contribution in [-0.4, -0.2) is 38.2 Å². The lowest BCUT2D eigenvalue weighted by Crippen LogP contribution is -2.45. The van der Waals surface area contributed by atoms with E-state index >= 15 is 0 Å². The second kappa shape index (κ2) is 7.89. The highest BCUT2D eigenvalue weighted by atomic mass is 16.5. The highest BCUT2D eigenvalue weighted by molar-refractivity contribution is 5.58. The summed E-state index contributed by atoms with van der Waals surface area (Å²) in [6.45, 7) is 7.19. The zero-order chi connectivity index (χ0) is 18.6. The van der Waals surface area contributed by atoms with Gasteiger partial charge in [-0.2, -0.15) is 0 Å². The van der Waals surface area contributed by atoms with Gasteiger partial charge in [-0.15, -0.1) is 0 Å². The molecule has 0 atom stereocenters. The van der Waals surface area contributed by atoms with Crippen LogP contribution in [0.15, 0.2) is 65.1 Å². The van der Waals surface area contributed by atoms with Crippen LogP contribution in [-0.2, 0) is 6.54 Å². The second-order valence-electron chi connectivity index (χ2n) is 7.09. The molecule has 0 aliphatic carbocycles. The number of benzene rings is 2. The van der Waals surface area contributed by atoms with Crippen LogP contribution in [0, 0.1) is 6.92 Å². The van der Waals surface area contributed by atoms with Crippen molar-refractivity contribution in [3.63, 3.8) is 0 Å². The van der Waals surface area contributed by atoms with E-state index in [1.54, 1.807) is 7.11 Å². The fourth-order valence-electron chi connectivity index (χ4n) is 3.51. The average molecular weight is 362 g/mol. The number of rotatable bonds is 5. The number of furan rings is 1. The molecule has 3 aromatic rings. The van der Waals surface area contributed by atoms with Crippen molar-refractivity contribution in [3.8, 4) is 17.1 Å². The molecule has 140 valence electrons. The van der Waals surface area contributed by atoms with Crippen molar-refractivity contribution < 1.29 is 9.15 Å². The van der Waals surface area contributed by atoms with Crippen LogP contribution in [0.2, 0.25) is 0 Å². The van der Waals surface area contributed by atoms with Gasteiger partial charge in [0, 0.05) is 37.4 Å². The first-order valence-corrected chi connectivity index (χ1v) is 9.48. The zero-order valence-corrected chi connectivity index (χ0v) is 16.0. The van der Waals surface area contributed by atoms with Gasteiger partial charge in [-0.25, -0.2) is 0 Å². The predicted molar refractivity (Wildman–Crippen MR) is 109 cm³/mol. The Morgan fingerprint density at radius 1 is 0.852 bits per heavy atom. The summed E-state index contributed by atoms with van der Waals surface area (Å²) in [5.74, 6) is 2.78. The monoisotopic (exact) mass is 362 g/mol. The number of methoxy groups -OCH3 is 1. The third-order valence-corrected chi connectivity index (χ3v) is 5.19. The van der Waals surface area contributed by atoms with Crippen molar-refractivity contribution >= 4 is 5.69 Å². The maximum Gasteiger partial charge on any atom is 0.134 e. The van der Waals surface area contributed by atoms with E-state index in [4.69, 9.17) is 9.15 Å². The number of ether oxygens (including phenoxy) is 1. The van der Waals surface area contributed by atoms with Crippen LogP contribution in [0.3, 0.4) is 0 Å². The lowest BCUT2D eigenvalue weighted by molar-refractivity contribution is 0.231. The van der Waals surface area contributed by atoms with Gasteiger partial charge in [0.05, 0.1) is 13.7 Å². The molecule has 1 fully saturated rings. The number of nitrogens with zero attached hydrogens (tertiary/aromatic N) is 2. The fourth-order valence-corrected chi connectivity index (χ4v) is 3.51. The van der Waals surface area contributed by atoms with E-state index in [2.05, 4.69) is 53.1 Å². The summed E-state index contributed by atoms with van der Waals surface area (Å²) in [4.78, 5) is 4.92. The lowest BCUT2D eigenvalue weighted by atomic mass is 10.2. The molecule has 4 nitrogen and oxygen atoms in total. The second-order valence-corrected chi connectivity index (χ2v) is 7.09. The summed E-state index contributed by atoms with van der Waals surface area (Å²) in [7, 11) is 1.68. The molecular formula is C23H26N2O2. The normalized spacial score (nSPS) is 15.1. The van der Waals surface area contributed by atoms with Gasteiger partial charge in [0.25, 0.3) is 0 Å². The Balaban J connectivity index is 1.34. The van der Waals surface area contributed by atoms with E-state index in [9.17, 15) is 0 Å². The first-order valence-electron chi connectivity index (χ1n) is 9.48. The summed E-state index contributed by atoms with van der Waals surface area (Å²) in [5, 5.41) is 0. The van der Waals surface area contributed by atoms with Gasteiger partial charge in [-0.1, -0.05) is 17.7 Å². The first-order chi connectivity index (χ1) is 13.2. The third kappa shape index (κ3) is 4.17. The number of piperazine rings is 1. The Morgan fingerprint density at radius 3 is 2.22 bits per heavy atom. The standard InChI is InChI=1S/C23H26N2O2/c1-18-3-7-20(8-4-18)25-15-13-24(14-16-25)17-22-11-12-23(27-22)19-5-9-21(26-2)10-6-19/h3-12H,13-17H2,1-2H3. The Morgan fingerprint density at radius 2 is 1.56 bits per heavy atom. The molecule has 27 heavy (non-hydrogen) atoms. The third-order valence-electron chi connectivity index (χ3n) is 5.19. The number of hydrogen-bond acceptors (Lipinski definition) is 4. The minimum Gasteiger partial charge on any atom is -0.497 e. The molecule has 2 aromatic carbocycles. The molecule has 4 rings (SSSR count). The van der Waals surface area contributed by atoms with Crippen molar-refractivity contribution in [1.29, 1.82) is 0 Å². The van der Waals surface area contributed by atoms with E-state index in [0.29, 0.717) is 0 Å². The average Bonchev–Trinajstić information content (AvgIpc) is 3.18. The number of aryl methyl sites for hydroxylation is 1. The summed E-state index contributed by atoms with van der Waals surface area (Å²) < 4.78 is 11.3. The fraction of sp³-hybridized carbons (Fsp3) is 0.304. The van der Waals surface area contributed by atoms with Gasteiger partial charge in [0.15, 0.2) is 0 Å². The van der Waals surface area contributed by atoms with Crippen molar-refractivity contribution in [2.45, 2.75) is 13.5 Å². The molecule has 1 aliphatic heterocycles. The minimum atomic E-state index is 0.858. The van der Waals surface area contributed by atoms with Crippen molar-refractivity contribution in [1.82, 2.24) is 4.90 Å². The van der Waals surface area contributed by atoms with E-state index < -0.39 is 0 Å². The topological polar surface area (TPSA) is 28.9 Å². The lowest BCUT2D eigenvalue weighted by Gasteiger charge is -2.35. The molecule has 0 amide bonds. The molecule has 0 bridgehead atoms. The van der Waals surface area contributed by atoms with E-state index in [0.717, 1.165) is 55.6 Å². The van der Waals surface area contributed by atoms with Crippen LogP contribution >= 0.6 is 0 Å². The van der Waals surface area contributed by atoms with Crippen LogP contribution in [0.1, 0.15) is 11.3 Å². The molecule has 1 aliphatic rings. The van der Waals surface area contributed by atoms with Crippen LogP contribution in [0.5, 0.6) is 5.75 Å². The van der Waals surface area contributed by atoms with Crippen LogP contribution in [0.25, 0.3) is 11.3 Å². The maximum absolute atomic E-state index is 6.07. The van der Waals surface area contributed by atoms with Crippen molar-refractivity contribution in [3.05, 3.63) is 72.0 Å². The van der Waals surface area contributed by atoms with Crippen LogP contribution < -0.4 is 9.64 Å². The Bertz CT molecular complexity index is 860. The predicted octanol–water partition coefficient (Wildman–Crippen LogP) is 4.59. The summed E-state index contributed by atoms with van der Waals surface area (Å²) >= 11 is 0. The molecule has 0 unspecified atom stereocenters. The van der Waals surface area contributed by atoms with E-state index in [1.165, 1.54) is 11.3 Å². The Hall–Kier alpha value is -2.72. The van der Waals surface area contributed by atoms with Crippen molar-refractivity contribution in [2.75, 3.05) is 38.2 Å². The quantitative estimate of drug-likeness (QED) is 0.664. The van der Waals surface area contributed by atoms with Gasteiger partial charge in [0.1, 0.15) is 17.3 Å². The molecule has 4 heteroatoms. The zero-order valence-electron chi connectivity index (χ0n) is 16.0.